The van der Waals surface area contributed by atoms with E-state index in [2.05, 4.69) is 27.4 Å². The van der Waals surface area contributed by atoms with Gasteiger partial charge in [-0.05, 0) is 30.2 Å². The van der Waals surface area contributed by atoms with Crippen LogP contribution in [0.25, 0.3) is 5.82 Å². The highest BCUT2D eigenvalue weighted by atomic mass is 32.2. The van der Waals surface area contributed by atoms with Crippen LogP contribution < -0.4 is 5.32 Å². The minimum Gasteiger partial charge on any atom is -0.345 e. The molecule has 5 nitrogen and oxygen atoms in total. The molecule has 3 aromatic rings. The van der Waals surface area contributed by atoms with Gasteiger partial charge in [0.05, 0.1) is 11.6 Å². The summed E-state index contributed by atoms with van der Waals surface area (Å²) in [6.45, 7) is 0. The van der Waals surface area contributed by atoms with E-state index in [1.165, 1.54) is 10.5 Å². The van der Waals surface area contributed by atoms with Gasteiger partial charge in [-0.15, -0.1) is 11.8 Å². The quantitative estimate of drug-likeness (QED) is 0.798. The number of fused-ring (bicyclic) bond motifs is 1. The third kappa shape index (κ3) is 2.92. The lowest BCUT2D eigenvalue weighted by Crippen LogP contribution is -2.30. The second-order valence-electron chi connectivity index (χ2n) is 5.58. The van der Waals surface area contributed by atoms with Crippen LogP contribution in [0.3, 0.4) is 0 Å². The van der Waals surface area contributed by atoms with Crippen molar-refractivity contribution in [3.8, 4) is 5.82 Å². The van der Waals surface area contributed by atoms with Crippen LogP contribution in [-0.2, 0) is 0 Å². The number of amides is 1. The number of nitrogens with zero attached hydrogens (tertiary/aromatic N) is 3. The molecule has 1 aromatic carbocycles. The number of thioether (sulfide) groups is 1. The monoisotopic (exact) mass is 336 g/mol. The van der Waals surface area contributed by atoms with E-state index < -0.39 is 0 Å². The van der Waals surface area contributed by atoms with Gasteiger partial charge in [0, 0.05) is 29.2 Å². The smallest absolute Gasteiger partial charge is 0.253 e. The molecular weight excluding hydrogens is 320 g/mol. The lowest BCUT2D eigenvalue weighted by Gasteiger charge is -2.25. The fourth-order valence-electron chi connectivity index (χ4n) is 2.80. The Labute approximate surface area is 144 Å². The molecule has 0 radical (unpaired) electrons. The van der Waals surface area contributed by atoms with Crippen LogP contribution in [0, 0.1) is 0 Å². The Bertz CT molecular complexity index is 846. The molecular formula is C18H16N4OS. The molecule has 0 bridgehead atoms. The number of nitrogens with one attached hydrogen (secondary N) is 1. The Morgan fingerprint density at radius 3 is 2.96 bits per heavy atom. The summed E-state index contributed by atoms with van der Waals surface area (Å²) in [4.78, 5) is 22.1. The van der Waals surface area contributed by atoms with E-state index in [1.807, 2.05) is 36.2 Å². The van der Waals surface area contributed by atoms with Gasteiger partial charge in [-0.1, -0.05) is 18.2 Å². The maximum Gasteiger partial charge on any atom is 0.253 e. The zero-order valence-electron chi connectivity index (χ0n) is 12.9. The summed E-state index contributed by atoms with van der Waals surface area (Å²) in [6.07, 6.45) is 7.74. The van der Waals surface area contributed by atoms with E-state index >= 15 is 0 Å². The lowest BCUT2D eigenvalue weighted by atomic mass is 10.0. The SMILES string of the molecule is O=C(NC1CCSc2ccccc21)c1ccc(-n2ccnc2)nc1. The van der Waals surface area contributed by atoms with Crippen molar-refractivity contribution < 1.29 is 4.79 Å². The van der Waals surface area contributed by atoms with E-state index in [0.717, 1.165) is 18.0 Å². The summed E-state index contributed by atoms with van der Waals surface area (Å²) in [7, 11) is 0. The normalized spacial score (nSPS) is 16.4. The van der Waals surface area contributed by atoms with Gasteiger partial charge in [-0.2, -0.15) is 0 Å². The van der Waals surface area contributed by atoms with Crippen molar-refractivity contribution in [1.82, 2.24) is 19.9 Å². The van der Waals surface area contributed by atoms with Gasteiger partial charge in [0.15, 0.2) is 0 Å². The molecule has 6 heteroatoms. The van der Waals surface area contributed by atoms with Crippen LogP contribution in [0.15, 0.2) is 66.2 Å². The van der Waals surface area contributed by atoms with E-state index in [0.29, 0.717) is 5.56 Å². The highest BCUT2D eigenvalue weighted by Gasteiger charge is 2.22. The number of hydrogen-bond donors (Lipinski definition) is 1. The largest absolute Gasteiger partial charge is 0.345 e. The molecule has 1 unspecified atom stereocenters. The van der Waals surface area contributed by atoms with Gasteiger partial charge < -0.3 is 5.32 Å². The second kappa shape index (κ2) is 6.49. The minimum absolute atomic E-state index is 0.0586. The molecule has 1 atom stereocenters. The highest BCUT2D eigenvalue weighted by molar-refractivity contribution is 7.99. The molecule has 1 aliphatic heterocycles. The summed E-state index contributed by atoms with van der Waals surface area (Å²) < 4.78 is 1.80. The Hall–Kier alpha value is -2.60. The molecule has 24 heavy (non-hydrogen) atoms. The van der Waals surface area contributed by atoms with Gasteiger partial charge in [0.25, 0.3) is 5.91 Å². The van der Waals surface area contributed by atoms with Gasteiger partial charge in [0.2, 0.25) is 0 Å². The average Bonchev–Trinajstić information content (AvgIpc) is 3.17. The Balaban J connectivity index is 1.51. The molecule has 1 N–H and O–H groups in total. The van der Waals surface area contributed by atoms with Gasteiger partial charge in [-0.3, -0.25) is 9.36 Å². The molecule has 120 valence electrons. The first kappa shape index (κ1) is 15.0. The van der Waals surface area contributed by atoms with Gasteiger partial charge >= 0.3 is 0 Å². The molecule has 4 rings (SSSR count). The number of aromatic nitrogens is 3. The molecule has 0 aliphatic carbocycles. The maximum atomic E-state index is 12.5. The molecule has 1 aliphatic rings. The first-order valence-corrected chi connectivity index (χ1v) is 8.77. The number of hydrogen-bond acceptors (Lipinski definition) is 4. The van der Waals surface area contributed by atoms with Crippen LogP contribution in [0.1, 0.15) is 28.4 Å². The topological polar surface area (TPSA) is 59.8 Å². The summed E-state index contributed by atoms with van der Waals surface area (Å²) in [6, 6.07) is 11.9. The van der Waals surface area contributed by atoms with E-state index in [4.69, 9.17) is 0 Å². The number of pyridine rings is 1. The molecule has 0 spiro atoms. The predicted octanol–water partition coefficient (Wildman–Crippen LogP) is 3.23. The van der Waals surface area contributed by atoms with E-state index in [9.17, 15) is 4.79 Å². The molecule has 0 saturated heterocycles. The van der Waals surface area contributed by atoms with Crippen LogP contribution in [0.2, 0.25) is 0 Å². The molecule has 2 aromatic heterocycles. The number of imidazole rings is 1. The Kier molecular flexibility index (Phi) is 4.04. The summed E-state index contributed by atoms with van der Waals surface area (Å²) >= 11 is 1.84. The first-order valence-electron chi connectivity index (χ1n) is 7.78. The molecule has 1 amide bonds. The minimum atomic E-state index is -0.0913. The van der Waals surface area contributed by atoms with Crippen LogP contribution in [0.4, 0.5) is 0 Å². The van der Waals surface area contributed by atoms with Crippen molar-refractivity contribution in [1.29, 1.82) is 0 Å². The highest BCUT2D eigenvalue weighted by Crippen LogP contribution is 2.35. The van der Waals surface area contributed by atoms with E-state index in [1.54, 1.807) is 29.4 Å². The molecule has 3 heterocycles. The summed E-state index contributed by atoms with van der Waals surface area (Å²) in [5.41, 5.74) is 1.76. The summed E-state index contributed by atoms with van der Waals surface area (Å²) in [5.74, 6) is 1.66. The van der Waals surface area contributed by atoms with Crippen LogP contribution in [0.5, 0.6) is 0 Å². The third-order valence-electron chi connectivity index (χ3n) is 4.04. The number of carbonyl (C=O) groups excluding carboxylic acids is 1. The van der Waals surface area contributed by atoms with Crippen LogP contribution in [-0.4, -0.2) is 26.2 Å². The Morgan fingerprint density at radius 2 is 2.17 bits per heavy atom. The number of benzene rings is 1. The van der Waals surface area contributed by atoms with Gasteiger partial charge in [0.1, 0.15) is 12.1 Å². The van der Waals surface area contributed by atoms with Crippen molar-refractivity contribution in [2.24, 2.45) is 0 Å². The predicted molar refractivity (Wildman–Crippen MR) is 93.3 cm³/mol. The number of rotatable bonds is 3. The third-order valence-corrected chi connectivity index (χ3v) is 5.17. The Morgan fingerprint density at radius 1 is 1.25 bits per heavy atom. The lowest BCUT2D eigenvalue weighted by molar-refractivity contribution is 0.0934. The molecule has 0 saturated carbocycles. The van der Waals surface area contributed by atoms with Crippen LogP contribution >= 0.6 is 11.8 Å². The second-order valence-corrected chi connectivity index (χ2v) is 6.71. The average molecular weight is 336 g/mol. The van der Waals surface area contributed by atoms with Crippen molar-refractivity contribution in [2.45, 2.75) is 17.4 Å². The summed E-state index contributed by atoms with van der Waals surface area (Å²) in [5, 5.41) is 3.13. The maximum absolute atomic E-state index is 12.5. The zero-order valence-corrected chi connectivity index (χ0v) is 13.7. The van der Waals surface area contributed by atoms with Crippen molar-refractivity contribution in [2.75, 3.05) is 5.75 Å². The number of carbonyl (C=O) groups is 1. The van der Waals surface area contributed by atoms with Gasteiger partial charge in [-0.25, -0.2) is 9.97 Å². The fourth-order valence-corrected chi connectivity index (χ4v) is 3.93. The first-order chi connectivity index (χ1) is 11.8. The zero-order chi connectivity index (χ0) is 16.4. The van der Waals surface area contributed by atoms with Crippen molar-refractivity contribution in [3.05, 3.63) is 72.4 Å². The van der Waals surface area contributed by atoms with E-state index in [-0.39, 0.29) is 11.9 Å². The van der Waals surface area contributed by atoms with Crippen molar-refractivity contribution >= 4 is 17.7 Å². The van der Waals surface area contributed by atoms with Crippen molar-refractivity contribution in [3.63, 3.8) is 0 Å². The molecule has 0 fully saturated rings. The fraction of sp³-hybridized carbons (Fsp3) is 0.167. The standard InChI is InChI=1S/C18H16N4OS/c23-18(13-5-6-17(20-11-13)22-9-8-19-12-22)21-15-7-10-24-16-4-2-1-3-14(15)16/h1-6,8-9,11-12,15H,7,10H2,(H,21,23).